The standard InChI is InChI=1S/C26H31ClN4OS/c1-4-30-12-6-9-23(30)16-31(26(33)28-22-8-5-7-21(27)14-22)15-20-13-19-11-10-17(2)18(3)24(19)29-25(20)32/h5,7-8,10-11,13-14,23H,4,6,9,12,15-16H2,1-3H3,(H,28,33)(H,29,32)/t23-/m1/s1. The SMILES string of the molecule is CCN1CCC[C@@H]1CN(Cc1cc2ccc(C)c(C)c2[nH]c1=O)C(=S)Nc1cccc(Cl)c1. The topological polar surface area (TPSA) is 51.4 Å². The number of hydrogen-bond acceptors (Lipinski definition) is 3. The van der Waals surface area contributed by atoms with Crippen LogP contribution in [0.1, 0.15) is 36.5 Å². The summed E-state index contributed by atoms with van der Waals surface area (Å²) in [7, 11) is 0. The lowest BCUT2D eigenvalue weighted by Crippen LogP contribution is -2.44. The van der Waals surface area contributed by atoms with Crippen LogP contribution in [0, 0.1) is 13.8 Å². The maximum atomic E-state index is 13.0. The van der Waals surface area contributed by atoms with E-state index in [9.17, 15) is 4.79 Å². The Bertz CT molecular complexity index is 1220. The van der Waals surface area contributed by atoms with Crippen LogP contribution in [0.3, 0.4) is 0 Å². The number of aryl methyl sites for hydroxylation is 2. The van der Waals surface area contributed by atoms with Crippen molar-refractivity contribution in [3.63, 3.8) is 0 Å². The van der Waals surface area contributed by atoms with Gasteiger partial charge < -0.3 is 15.2 Å². The number of anilines is 1. The Morgan fingerprint density at radius 1 is 1.27 bits per heavy atom. The number of fused-ring (bicyclic) bond motifs is 1. The highest BCUT2D eigenvalue weighted by Crippen LogP contribution is 2.22. The first kappa shape index (κ1) is 23.7. The molecule has 2 aromatic carbocycles. The van der Waals surface area contributed by atoms with Crippen LogP contribution in [-0.4, -0.2) is 45.6 Å². The third-order valence-corrected chi connectivity index (χ3v) is 7.28. The van der Waals surface area contributed by atoms with Crippen molar-refractivity contribution in [3.8, 4) is 0 Å². The number of aromatic amines is 1. The first-order valence-corrected chi connectivity index (χ1v) is 12.3. The van der Waals surface area contributed by atoms with E-state index in [4.69, 9.17) is 23.8 Å². The summed E-state index contributed by atoms with van der Waals surface area (Å²) in [5.74, 6) is 0. The van der Waals surface area contributed by atoms with E-state index in [2.05, 4.69) is 46.1 Å². The molecule has 0 amide bonds. The highest BCUT2D eigenvalue weighted by atomic mass is 35.5. The zero-order valence-corrected chi connectivity index (χ0v) is 21.0. The fourth-order valence-electron chi connectivity index (χ4n) is 4.65. The lowest BCUT2D eigenvalue weighted by Gasteiger charge is -2.32. The van der Waals surface area contributed by atoms with Crippen LogP contribution in [0.15, 0.2) is 47.3 Å². The maximum Gasteiger partial charge on any atom is 0.253 e. The smallest absolute Gasteiger partial charge is 0.253 e. The molecular formula is C26H31ClN4OS. The second kappa shape index (κ2) is 10.2. The first-order chi connectivity index (χ1) is 15.9. The summed E-state index contributed by atoms with van der Waals surface area (Å²) in [5.41, 5.74) is 4.67. The molecule has 5 nitrogen and oxygen atoms in total. The molecule has 1 atom stereocenters. The predicted molar refractivity (Wildman–Crippen MR) is 142 cm³/mol. The quantitative estimate of drug-likeness (QED) is 0.455. The van der Waals surface area contributed by atoms with E-state index in [0.29, 0.717) is 28.3 Å². The number of pyridine rings is 1. The van der Waals surface area contributed by atoms with Crippen LogP contribution >= 0.6 is 23.8 Å². The zero-order valence-electron chi connectivity index (χ0n) is 19.5. The molecule has 1 aliphatic rings. The van der Waals surface area contributed by atoms with E-state index in [1.54, 1.807) is 0 Å². The minimum absolute atomic E-state index is 0.0643. The van der Waals surface area contributed by atoms with Gasteiger partial charge in [0.2, 0.25) is 0 Å². The van der Waals surface area contributed by atoms with E-state index in [1.165, 1.54) is 12.0 Å². The van der Waals surface area contributed by atoms with Crippen LogP contribution in [0.4, 0.5) is 5.69 Å². The third kappa shape index (κ3) is 5.40. The second-order valence-electron chi connectivity index (χ2n) is 8.84. The molecule has 7 heteroatoms. The van der Waals surface area contributed by atoms with E-state index in [0.717, 1.165) is 48.2 Å². The third-order valence-electron chi connectivity index (χ3n) is 6.69. The molecule has 0 bridgehead atoms. The number of rotatable bonds is 6. The number of aromatic nitrogens is 1. The Morgan fingerprint density at radius 3 is 2.85 bits per heavy atom. The molecule has 0 radical (unpaired) electrons. The molecule has 174 valence electrons. The minimum atomic E-state index is -0.0643. The van der Waals surface area contributed by atoms with Crippen molar-refractivity contribution in [2.75, 3.05) is 25.0 Å². The number of likely N-dealkylation sites (tertiary alicyclic amines) is 1. The van der Waals surface area contributed by atoms with Crippen LogP contribution in [-0.2, 0) is 6.54 Å². The van der Waals surface area contributed by atoms with Gasteiger partial charge in [0, 0.05) is 28.9 Å². The van der Waals surface area contributed by atoms with Gasteiger partial charge in [-0.3, -0.25) is 9.69 Å². The number of nitrogens with one attached hydrogen (secondary N) is 2. The highest BCUT2D eigenvalue weighted by molar-refractivity contribution is 7.80. The summed E-state index contributed by atoms with van der Waals surface area (Å²) in [6.45, 7) is 9.64. The van der Waals surface area contributed by atoms with Crippen molar-refractivity contribution >= 4 is 45.5 Å². The average Bonchev–Trinajstić information content (AvgIpc) is 3.24. The predicted octanol–water partition coefficient (Wildman–Crippen LogP) is 5.48. The van der Waals surface area contributed by atoms with Crippen LogP contribution in [0.2, 0.25) is 5.02 Å². The number of likely N-dealkylation sites (N-methyl/N-ethyl adjacent to an activating group) is 1. The fraction of sp³-hybridized carbons (Fsp3) is 0.385. The molecule has 1 aliphatic heterocycles. The summed E-state index contributed by atoms with van der Waals surface area (Å²) in [6.07, 6.45) is 2.33. The summed E-state index contributed by atoms with van der Waals surface area (Å²) in [5, 5.41) is 5.61. The summed E-state index contributed by atoms with van der Waals surface area (Å²) >= 11 is 12.0. The van der Waals surface area contributed by atoms with Gasteiger partial charge in [0.1, 0.15) is 0 Å². The molecule has 1 fully saturated rings. The fourth-order valence-corrected chi connectivity index (χ4v) is 5.10. The normalized spacial score (nSPS) is 16.3. The largest absolute Gasteiger partial charge is 0.343 e. The van der Waals surface area contributed by atoms with Crippen LogP contribution in [0.5, 0.6) is 0 Å². The lowest BCUT2D eigenvalue weighted by atomic mass is 10.0. The number of hydrogen-bond donors (Lipinski definition) is 2. The summed E-state index contributed by atoms with van der Waals surface area (Å²) in [4.78, 5) is 20.8. The van der Waals surface area contributed by atoms with E-state index in [1.807, 2.05) is 37.3 Å². The van der Waals surface area contributed by atoms with Gasteiger partial charge in [-0.25, -0.2) is 0 Å². The van der Waals surface area contributed by atoms with Crippen molar-refractivity contribution in [2.45, 2.75) is 46.2 Å². The molecule has 0 saturated carbocycles. The van der Waals surface area contributed by atoms with E-state index in [-0.39, 0.29) is 5.56 Å². The number of halogens is 1. The van der Waals surface area contributed by atoms with Crippen LogP contribution in [0.25, 0.3) is 10.9 Å². The molecule has 0 unspecified atom stereocenters. The van der Waals surface area contributed by atoms with Gasteiger partial charge in [-0.1, -0.05) is 36.7 Å². The maximum absolute atomic E-state index is 13.0. The number of thiocarbonyl (C=S) groups is 1. The molecule has 33 heavy (non-hydrogen) atoms. The molecular weight excluding hydrogens is 452 g/mol. The van der Waals surface area contributed by atoms with Crippen molar-refractivity contribution in [1.29, 1.82) is 0 Å². The van der Waals surface area contributed by atoms with Crippen molar-refractivity contribution in [1.82, 2.24) is 14.8 Å². The minimum Gasteiger partial charge on any atom is -0.343 e. The molecule has 2 heterocycles. The van der Waals surface area contributed by atoms with E-state index < -0.39 is 0 Å². The molecule has 1 saturated heterocycles. The van der Waals surface area contributed by atoms with Gasteiger partial charge in [0.05, 0.1) is 12.1 Å². The van der Waals surface area contributed by atoms with Gasteiger partial charge in [-0.2, -0.15) is 0 Å². The van der Waals surface area contributed by atoms with Gasteiger partial charge >= 0.3 is 0 Å². The van der Waals surface area contributed by atoms with Gasteiger partial charge in [-0.05, 0) is 92.8 Å². The Morgan fingerprint density at radius 2 is 2.09 bits per heavy atom. The lowest BCUT2D eigenvalue weighted by molar-refractivity contribution is 0.221. The molecule has 3 aromatic rings. The Kier molecular flexibility index (Phi) is 7.37. The second-order valence-corrected chi connectivity index (χ2v) is 9.66. The molecule has 0 spiro atoms. The molecule has 2 N–H and O–H groups in total. The van der Waals surface area contributed by atoms with Crippen LogP contribution < -0.4 is 10.9 Å². The van der Waals surface area contributed by atoms with E-state index >= 15 is 0 Å². The number of nitrogens with zero attached hydrogens (tertiary/aromatic N) is 2. The van der Waals surface area contributed by atoms with Crippen molar-refractivity contribution in [3.05, 3.63) is 74.5 Å². The molecule has 0 aliphatic carbocycles. The molecule has 4 rings (SSSR count). The van der Waals surface area contributed by atoms with Crippen molar-refractivity contribution < 1.29 is 0 Å². The molecule has 1 aromatic heterocycles. The summed E-state index contributed by atoms with van der Waals surface area (Å²) < 4.78 is 0. The monoisotopic (exact) mass is 482 g/mol. The first-order valence-electron chi connectivity index (χ1n) is 11.5. The van der Waals surface area contributed by atoms with Gasteiger partial charge in [-0.15, -0.1) is 0 Å². The van der Waals surface area contributed by atoms with Gasteiger partial charge in [0.15, 0.2) is 5.11 Å². The number of benzene rings is 2. The summed E-state index contributed by atoms with van der Waals surface area (Å²) in [6, 6.07) is 14.1. The number of H-pyrrole nitrogens is 1. The average molecular weight is 483 g/mol. The zero-order chi connectivity index (χ0) is 23.5. The Labute approximate surface area is 205 Å². The highest BCUT2D eigenvalue weighted by Gasteiger charge is 2.26. The Hall–Kier alpha value is -2.41. The van der Waals surface area contributed by atoms with Crippen molar-refractivity contribution in [2.24, 2.45) is 0 Å². The Balaban J connectivity index is 1.64. The van der Waals surface area contributed by atoms with Gasteiger partial charge in [0.25, 0.3) is 5.56 Å².